The summed E-state index contributed by atoms with van der Waals surface area (Å²) in [5.74, 6) is -1.98. The third-order valence-electron chi connectivity index (χ3n) is 3.93. The average molecular weight is 323 g/mol. The first-order valence-corrected chi connectivity index (χ1v) is 7.12. The molecule has 1 aromatic carbocycles. The van der Waals surface area contributed by atoms with Gasteiger partial charge >= 0.3 is 11.9 Å². The Balaban J connectivity index is 2.47. The smallest absolute Gasteiger partial charge is 0.342 e. The number of carboxylic acids is 1. The van der Waals surface area contributed by atoms with Crippen LogP contribution in [0, 0.1) is 6.92 Å². The molecule has 1 aliphatic heterocycles. The Morgan fingerprint density at radius 2 is 2.22 bits per heavy atom. The van der Waals surface area contributed by atoms with E-state index < -0.39 is 19.0 Å². The number of rotatable bonds is 6. The van der Waals surface area contributed by atoms with Crippen LogP contribution in [0.3, 0.4) is 0 Å². The number of ether oxygens (including phenoxy) is 2. The molecule has 0 unspecified atom stereocenters. The van der Waals surface area contributed by atoms with Crippen molar-refractivity contribution in [2.24, 2.45) is 0 Å². The van der Waals surface area contributed by atoms with Crippen molar-refractivity contribution in [2.75, 3.05) is 7.04 Å². The maximum absolute atomic E-state index is 11.9. The first-order chi connectivity index (χ1) is 12.0. The lowest BCUT2D eigenvalue weighted by Crippen LogP contribution is -2.03. The Labute approximate surface area is 138 Å². The number of aromatic hydroxyl groups is 1. The highest BCUT2D eigenvalue weighted by Crippen LogP contribution is 2.41. The van der Waals surface area contributed by atoms with Crippen LogP contribution in [0.15, 0.2) is 11.6 Å². The summed E-state index contributed by atoms with van der Waals surface area (Å²) in [6.45, 7) is 3.28. The molecule has 124 valence electrons. The minimum Gasteiger partial charge on any atom is -0.507 e. The quantitative estimate of drug-likeness (QED) is 0.617. The first-order valence-electron chi connectivity index (χ1n) is 8.62. The Morgan fingerprint density at radius 3 is 2.87 bits per heavy atom. The van der Waals surface area contributed by atoms with Crippen LogP contribution in [0.25, 0.3) is 0 Å². The van der Waals surface area contributed by atoms with Gasteiger partial charge in [0.2, 0.25) is 0 Å². The van der Waals surface area contributed by atoms with Crippen LogP contribution in [0.2, 0.25) is 0 Å². The number of cyclic esters (lactones) is 1. The van der Waals surface area contributed by atoms with Gasteiger partial charge < -0.3 is 19.7 Å². The van der Waals surface area contributed by atoms with Gasteiger partial charge in [-0.3, -0.25) is 4.79 Å². The highest BCUT2D eigenvalue weighted by atomic mass is 16.5. The van der Waals surface area contributed by atoms with Crippen LogP contribution in [-0.4, -0.2) is 29.2 Å². The number of benzene rings is 1. The van der Waals surface area contributed by atoms with Gasteiger partial charge in [0.1, 0.15) is 23.7 Å². The van der Waals surface area contributed by atoms with Crippen molar-refractivity contribution in [3.05, 3.63) is 33.9 Å². The Kier molecular flexibility index (Phi) is 3.80. The van der Waals surface area contributed by atoms with Gasteiger partial charge in [-0.2, -0.15) is 0 Å². The van der Waals surface area contributed by atoms with Gasteiger partial charge in [-0.05, 0) is 32.3 Å². The second-order valence-electron chi connectivity index (χ2n) is 5.46. The molecule has 0 aliphatic carbocycles. The van der Waals surface area contributed by atoms with Crippen LogP contribution in [0.5, 0.6) is 11.5 Å². The number of esters is 1. The lowest BCUT2D eigenvalue weighted by atomic mass is 9.94. The standard InChI is InChI=1S/C17H20O6/c1-9(5-7-13(18)19)4-6-11-15(20)14-12(8-23-17(14)21)10(2)16(11)22-3/h4,20H,5-8H2,1-3H3,(H,18,19)/i3D3. The number of hydrogen-bond donors (Lipinski definition) is 2. The fourth-order valence-electron chi connectivity index (χ4n) is 2.57. The fraction of sp³-hybridized carbons (Fsp3) is 0.412. The van der Waals surface area contributed by atoms with Crippen molar-refractivity contribution in [3.63, 3.8) is 0 Å². The van der Waals surface area contributed by atoms with E-state index in [-0.39, 0.29) is 42.1 Å². The zero-order valence-electron chi connectivity index (χ0n) is 15.9. The number of phenolic OH excluding ortho intramolecular Hbond substituents is 1. The number of carbonyl (C=O) groups excluding carboxylic acids is 1. The highest BCUT2D eigenvalue weighted by molar-refractivity contribution is 5.98. The second-order valence-corrected chi connectivity index (χ2v) is 5.46. The molecule has 1 aliphatic rings. The molecule has 1 aromatic rings. The fourth-order valence-corrected chi connectivity index (χ4v) is 2.57. The van der Waals surface area contributed by atoms with Crippen molar-refractivity contribution >= 4 is 11.9 Å². The monoisotopic (exact) mass is 323 g/mol. The number of aliphatic carboxylic acids is 1. The molecule has 0 fully saturated rings. The van der Waals surface area contributed by atoms with E-state index in [9.17, 15) is 14.7 Å². The minimum absolute atomic E-state index is 0.0122. The molecule has 6 heteroatoms. The van der Waals surface area contributed by atoms with Crippen LogP contribution in [0.4, 0.5) is 0 Å². The predicted octanol–water partition coefficient (Wildman–Crippen LogP) is 2.73. The summed E-state index contributed by atoms with van der Waals surface area (Å²) in [6, 6.07) is 0. The van der Waals surface area contributed by atoms with Gasteiger partial charge in [-0.15, -0.1) is 0 Å². The van der Waals surface area contributed by atoms with E-state index in [2.05, 4.69) is 0 Å². The molecule has 23 heavy (non-hydrogen) atoms. The topological polar surface area (TPSA) is 93.1 Å². The van der Waals surface area contributed by atoms with Gasteiger partial charge in [-0.25, -0.2) is 4.79 Å². The number of fused-ring (bicyclic) bond motifs is 1. The highest BCUT2D eigenvalue weighted by Gasteiger charge is 2.31. The van der Waals surface area contributed by atoms with Crippen molar-refractivity contribution in [2.45, 2.75) is 39.7 Å². The summed E-state index contributed by atoms with van der Waals surface area (Å²) in [7, 11) is -2.73. The summed E-state index contributed by atoms with van der Waals surface area (Å²) < 4.78 is 32.1. The molecule has 0 bridgehead atoms. The predicted molar refractivity (Wildman–Crippen MR) is 82.8 cm³/mol. The molecule has 0 atom stereocenters. The molecule has 0 saturated heterocycles. The lowest BCUT2D eigenvalue weighted by molar-refractivity contribution is -0.136. The molecule has 6 nitrogen and oxygen atoms in total. The maximum atomic E-state index is 11.9. The Bertz CT molecular complexity index is 780. The Hall–Kier alpha value is -2.50. The molecule has 0 spiro atoms. The molecule has 1 heterocycles. The van der Waals surface area contributed by atoms with E-state index in [0.29, 0.717) is 17.5 Å². The third kappa shape index (κ3) is 3.31. The number of hydrogen-bond acceptors (Lipinski definition) is 5. The van der Waals surface area contributed by atoms with Crippen LogP contribution in [0.1, 0.15) is 50.9 Å². The van der Waals surface area contributed by atoms with Gasteiger partial charge in [-0.1, -0.05) is 11.6 Å². The van der Waals surface area contributed by atoms with E-state index in [1.807, 2.05) is 0 Å². The van der Waals surface area contributed by atoms with Gasteiger partial charge in [0.05, 0.1) is 11.2 Å². The first kappa shape index (κ1) is 13.0. The average Bonchev–Trinajstić information content (AvgIpc) is 2.91. The van der Waals surface area contributed by atoms with Crippen molar-refractivity contribution in [3.8, 4) is 11.5 Å². The SMILES string of the molecule is [2H]C([2H])([2H])Oc1c(C)c2c(c(O)c1CC=C(C)CCC(=O)O)C(=O)OC2. The maximum Gasteiger partial charge on any atom is 0.342 e. The summed E-state index contributed by atoms with van der Waals surface area (Å²) >= 11 is 0. The minimum atomic E-state index is -2.73. The Morgan fingerprint density at radius 1 is 1.48 bits per heavy atom. The largest absolute Gasteiger partial charge is 0.507 e. The summed E-state index contributed by atoms with van der Waals surface area (Å²) in [4.78, 5) is 22.5. The number of carbonyl (C=O) groups is 2. The van der Waals surface area contributed by atoms with E-state index in [4.69, 9.17) is 18.7 Å². The molecule has 0 aromatic heterocycles. The number of carboxylic acid groups (broad SMARTS) is 1. The molecular formula is C17H20O6. The molecule has 2 rings (SSSR count). The van der Waals surface area contributed by atoms with Crippen molar-refractivity contribution in [1.82, 2.24) is 0 Å². The van der Waals surface area contributed by atoms with Gasteiger partial charge in [0.25, 0.3) is 0 Å². The summed E-state index contributed by atoms with van der Waals surface area (Å²) in [5.41, 5.74) is 1.76. The second kappa shape index (κ2) is 6.73. The molecular weight excluding hydrogens is 300 g/mol. The zero-order chi connectivity index (χ0) is 19.6. The van der Waals surface area contributed by atoms with Gasteiger partial charge in [0, 0.05) is 17.5 Å². The normalized spacial score (nSPS) is 16.2. The summed E-state index contributed by atoms with van der Waals surface area (Å²) in [5, 5.41) is 19.3. The van der Waals surface area contributed by atoms with E-state index >= 15 is 0 Å². The molecule has 0 saturated carbocycles. The van der Waals surface area contributed by atoms with Crippen LogP contribution >= 0.6 is 0 Å². The molecule has 2 N–H and O–H groups in total. The summed E-state index contributed by atoms with van der Waals surface area (Å²) in [6.07, 6.45) is 2.04. The van der Waals surface area contributed by atoms with E-state index in [1.54, 1.807) is 19.9 Å². The van der Waals surface area contributed by atoms with Gasteiger partial charge in [0.15, 0.2) is 0 Å². The van der Waals surface area contributed by atoms with Crippen LogP contribution < -0.4 is 4.74 Å². The van der Waals surface area contributed by atoms with Crippen molar-refractivity contribution in [1.29, 1.82) is 0 Å². The van der Waals surface area contributed by atoms with Crippen molar-refractivity contribution < 1.29 is 33.4 Å². The third-order valence-corrected chi connectivity index (χ3v) is 3.93. The van der Waals surface area contributed by atoms with E-state index in [0.717, 1.165) is 5.57 Å². The molecule has 0 radical (unpaired) electrons. The lowest BCUT2D eigenvalue weighted by Gasteiger charge is -2.15. The number of allylic oxidation sites excluding steroid dienone is 2. The number of phenols is 1. The zero-order valence-corrected chi connectivity index (χ0v) is 12.9. The number of methoxy groups -OCH3 is 1. The van der Waals surface area contributed by atoms with Crippen LogP contribution in [-0.2, 0) is 22.6 Å². The molecule has 0 amide bonds. The van der Waals surface area contributed by atoms with E-state index in [1.165, 1.54) is 0 Å².